The number of likely N-dealkylation sites (N-methyl/N-ethyl adjacent to an activating group) is 1. The minimum absolute atomic E-state index is 0.0111. The van der Waals surface area contributed by atoms with Crippen LogP contribution in [0.1, 0.15) is 26.7 Å². The Kier molecular flexibility index (Phi) is 8.75. The van der Waals surface area contributed by atoms with Gasteiger partial charge in [0.05, 0.1) is 17.7 Å². The Balaban J connectivity index is 1.74. The number of benzene rings is 1. The van der Waals surface area contributed by atoms with E-state index in [1.165, 1.54) is 6.08 Å². The smallest absolute Gasteiger partial charge is 0.318 e. The first-order chi connectivity index (χ1) is 17.0. The number of urea groups is 1. The predicted octanol–water partition coefficient (Wildman–Crippen LogP) is 0.254. The molecule has 3 amide bonds. The number of carbonyl (C=O) groups is 2. The van der Waals surface area contributed by atoms with E-state index >= 15 is 0 Å². The molecule has 0 spiro atoms. The van der Waals surface area contributed by atoms with Gasteiger partial charge in [0.25, 0.3) is 5.84 Å². The summed E-state index contributed by atoms with van der Waals surface area (Å²) >= 11 is 0. The molecule has 36 heavy (non-hydrogen) atoms. The molecule has 2 aliphatic rings. The van der Waals surface area contributed by atoms with E-state index in [1.807, 2.05) is 27.9 Å². The second-order valence-electron chi connectivity index (χ2n) is 10.1. The average Bonchev–Trinajstić information content (AvgIpc) is 3.09. The standard InChI is InChI=1S/C26H39N7O3/c1-6-22(34)29-18-7-9-19(10-8-18)30-24(28)20-15-33(26(2,3)23(20)27)25(35)31-21(16-32(4)5)17-11-13-36-14-12-17/h6-10,17,21H,1,11-16,27H2,2-5H3,(H2,28,30)(H,29,34)(H,31,35)/p+1/t21-/m1/s1. The summed E-state index contributed by atoms with van der Waals surface area (Å²) in [5.41, 5.74) is 14.8. The highest BCUT2D eigenvalue weighted by atomic mass is 16.5. The number of ether oxygens (including phenoxy) is 1. The van der Waals surface area contributed by atoms with Crippen LogP contribution in [0.15, 0.2) is 48.2 Å². The van der Waals surface area contributed by atoms with Gasteiger partial charge in [0.1, 0.15) is 5.69 Å². The highest BCUT2D eigenvalue weighted by Gasteiger charge is 2.44. The second kappa shape index (κ2) is 11.6. The summed E-state index contributed by atoms with van der Waals surface area (Å²) in [4.78, 5) is 32.0. The zero-order valence-corrected chi connectivity index (χ0v) is 21.8. The number of hydrogen-bond donors (Lipinski definition) is 5. The number of hydrogen-bond acceptors (Lipinski definition) is 5. The summed E-state index contributed by atoms with van der Waals surface area (Å²) in [6.07, 6.45) is 3.06. The van der Waals surface area contributed by atoms with Crippen LogP contribution in [0.4, 0.5) is 16.2 Å². The third-order valence-corrected chi connectivity index (χ3v) is 6.87. The van der Waals surface area contributed by atoms with E-state index in [2.05, 4.69) is 27.1 Å². The van der Waals surface area contributed by atoms with E-state index in [0.29, 0.717) is 35.3 Å². The van der Waals surface area contributed by atoms with Crippen LogP contribution in [-0.2, 0) is 9.53 Å². The van der Waals surface area contributed by atoms with Gasteiger partial charge in [0, 0.05) is 37.2 Å². The van der Waals surface area contributed by atoms with Gasteiger partial charge >= 0.3 is 6.03 Å². The van der Waals surface area contributed by atoms with Crippen LogP contribution in [0.2, 0.25) is 0 Å². The highest BCUT2D eigenvalue weighted by Crippen LogP contribution is 2.31. The SMILES string of the molecule is C=CC(=O)Nc1ccc([NH+]=C(N)C2=C(N)C(C)(C)N(C(=O)N[C@H](CN(C)C)C3CCOCC3)C2)cc1. The summed E-state index contributed by atoms with van der Waals surface area (Å²) < 4.78 is 5.52. The van der Waals surface area contributed by atoms with Gasteiger partial charge in [-0.3, -0.25) is 10.5 Å². The van der Waals surface area contributed by atoms with Crippen molar-refractivity contribution in [3.63, 3.8) is 0 Å². The van der Waals surface area contributed by atoms with Crippen molar-refractivity contribution in [2.75, 3.05) is 45.7 Å². The van der Waals surface area contributed by atoms with Crippen LogP contribution in [0.25, 0.3) is 0 Å². The zero-order valence-electron chi connectivity index (χ0n) is 21.8. The van der Waals surface area contributed by atoms with Gasteiger partial charge in [0.2, 0.25) is 5.91 Å². The second-order valence-corrected chi connectivity index (χ2v) is 10.1. The maximum absolute atomic E-state index is 13.5. The summed E-state index contributed by atoms with van der Waals surface area (Å²) in [6.45, 7) is 9.78. The lowest BCUT2D eigenvalue weighted by molar-refractivity contribution is -0.354. The number of nitrogens with zero attached hydrogens (tertiary/aromatic N) is 2. The lowest BCUT2D eigenvalue weighted by atomic mass is 9.91. The number of amidine groups is 1. The van der Waals surface area contributed by atoms with Gasteiger partial charge in [0.15, 0.2) is 0 Å². The minimum Gasteiger partial charge on any atom is -0.400 e. The van der Waals surface area contributed by atoms with Crippen LogP contribution < -0.4 is 27.1 Å². The Hall–Kier alpha value is -3.37. The van der Waals surface area contributed by atoms with E-state index in [1.54, 1.807) is 29.2 Å². The van der Waals surface area contributed by atoms with Gasteiger partial charge in [-0.05, 0) is 77.0 Å². The Morgan fingerprint density at radius 2 is 1.92 bits per heavy atom. The average molecular weight is 499 g/mol. The molecule has 10 nitrogen and oxygen atoms in total. The molecule has 3 rings (SSSR count). The number of carbonyl (C=O) groups excluding carboxylic acids is 2. The third kappa shape index (κ3) is 6.44. The maximum atomic E-state index is 13.5. The Labute approximate surface area is 213 Å². The van der Waals surface area contributed by atoms with Crippen molar-refractivity contribution in [2.24, 2.45) is 17.4 Å². The van der Waals surface area contributed by atoms with Crippen LogP contribution in [0.3, 0.4) is 0 Å². The predicted molar refractivity (Wildman–Crippen MR) is 142 cm³/mol. The number of anilines is 1. The molecule has 0 radical (unpaired) electrons. The normalized spacial score (nSPS) is 19.4. The van der Waals surface area contributed by atoms with E-state index in [0.717, 1.165) is 38.3 Å². The van der Waals surface area contributed by atoms with Crippen molar-refractivity contribution in [1.82, 2.24) is 15.1 Å². The fourth-order valence-electron chi connectivity index (χ4n) is 4.63. The Morgan fingerprint density at radius 1 is 1.28 bits per heavy atom. The molecule has 10 heteroatoms. The fourth-order valence-corrected chi connectivity index (χ4v) is 4.63. The molecule has 7 N–H and O–H groups in total. The van der Waals surface area contributed by atoms with E-state index < -0.39 is 5.54 Å². The van der Waals surface area contributed by atoms with Crippen molar-refractivity contribution >= 4 is 29.1 Å². The summed E-state index contributed by atoms with van der Waals surface area (Å²) in [5, 5.41) is 5.97. The van der Waals surface area contributed by atoms with Crippen LogP contribution in [0.5, 0.6) is 0 Å². The topological polar surface area (TPSA) is 140 Å². The molecule has 0 saturated carbocycles. The van der Waals surface area contributed by atoms with Gasteiger partial charge in [-0.25, -0.2) is 9.79 Å². The maximum Gasteiger partial charge on any atom is 0.318 e. The zero-order chi connectivity index (χ0) is 26.5. The molecular weight excluding hydrogens is 458 g/mol. The molecule has 1 aromatic carbocycles. The summed E-state index contributed by atoms with van der Waals surface area (Å²) in [6, 6.07) is 6.96. The lowest BCUT2D eigenvalue weighted by Gasteiger charge is -2.37. The van der Waals surface area contributed by atoms with E-state index in [4.69, 9.17) is 16.2 Å². The number of nitrogens with two attached hydrogens (primary N) is 2. The van der Waals surface area contributed by atoms with Gasteiger partial charge in [-0.2, -0.15) is 0 Å². The molecule has 1 aromatic rings. The Bertz CT molecular complexity index is 1020. The molecule has 2 heterocycles. The molecule has 0 bridgehead atoms. The van der Waals surface area contributed by atoms with Crippen LogP contribution in [-0.4, -0.2) is 79.6 Å². The monoisotopic (exact) mass is 498 g/mol. The fraction of sp³-hybridized carbons (Fsp3) is 0.500. The molecule has 1 fully saturated rings. The molecule has 0 aliphatic carbocycles. The van der Waals surface area contributed by atoms with Crippen molar-refractivity contribution in [3.05, 3.63) is 48.2 Å². The van der Waals surface area contributed by atoms with E-state index in [-0.39, 0.29) is 18.0 Å². The first-order valence-electron chi connectivity index (χ1n) is 12.3. The summed E-state index contributed by atoms with van der Waals surface area (Å²) in [5.74, 6) is 0.460. The van der Waals surface area contributed by atoms with Crippen molar-refractivity contribution in [3.8, 4) is 0 Å². The van der Waals surface area contributed by atoms with Gasteiger partial charge in [-0.15, -0.1) is 0 Å². The van der Waals surface area contributed by atoms with E-state index in [9.17, 15) is 9.59 Å². The number of nitrogens with one attached hydrogen (secondary N) is 3. The molecule has 0 aromatic heterocycles. The van der Waals surface area contributed by atoms with Crippen molar-refractivity contribution in [1.29, 1.82) is 0 Å². The Morgan fingerprint density at radius 3 is 2.50 bits per heavy atom. The molecule has 2 aliphatic heterocycles. The highest BCUT2D eigenvalue weighted by molar-refractivity contribution is 5.99. The van der Waals surface area contributed by atoms with Gasteiger partial charge in [-0.1, -0.05) is 6.58 Å². The largest absolute Gasteiger partial charge is 0.400 e. The van der Waals surface area contributed by atoms with Crippen molar-refractivity contribution in [2.45, 2.75) is 38.3 Å². The van der Waals surface area contributed by atoms with Crippen molar-refractivity contribution < 1.29 is 19.3 Å². The number of amides is 3. The minimum atomic E-state index is -0.705. The quantitative estimate of drug-likeness (QED) is 0.198. The molecule has 0 unspecified atom stereocenters. The molecule has 196 valence electrons. The summed E-state index contributed by atoms with van der Waals surface area (Å²) in [7, 11) is 4.02. The molecule has 1 saturated heterocycles. The first kappa shape index (κ1) is 27.2. The van der Waals surface area contributed by atoms with Crippen LogP contribution in [0, 0.1) is 5.92 Å². The lowest BCUT2D eigenvalue weighted by Crippen LogP contribution is -2.70. The third-order valence-electron chi connectivity index (χ3n) is 6.87. The molecular formula is C26H40N7O3+. The number of rotatable bonds is 8. The molecule has 1 atom stereocenters. The van der Waals surface area contributed by atoms with Crippen LogP contribution >= 0.6 is 0 Å². The van der Waals surface area contributed by atoms with Gasteiger partial charge < -0.3 is 30.9 Å². The first-order valence-corrected chi connectivity index (χ1v) is 12.3.